The van der Waals surface area contributed by atoms with Gasteiger partial charge in [0, 0.05) is 17.6 Å². The second-order valence-corrected chi connectivity index (χ2v) is 7.73. The van der Waals surface area contributed by atoms with Crippen molar-refractivity contribution in [2.75, 3.05) is 18.6 Å². The second kappa shape index (κ2) is 7.01. The molecule has 0 bridgehead atoms. The van der Waals surface area contributed by atoms with Crippen LogP contribution in [0.3, 0.4) is 0 Å². The number of rotatable bonds is 4. The van der Waals surface area contributed by atoms with E-state index in [9.17, 15) is 9.59 Å². The summed E-state index contributed by atoms with van der Waals surface area (Å²) in [4.78, 5) is 31.9. The number of benzene rings is 1. The maximum atomic E-state index is 12.7. The fraction of sp³-hybridized carbons (Fsp3) is 0.211. The van der Waals surface area contributed by atoms with Gasteiger partial charge in [0.15, 0.2) is 0 Å². The van der Waals surface area contributed by atoms with Gasteiger partial charge in [-0.05, 0) is 41.6 Å². The van der Waals surface area contributed by atoms with Gasteiger partial charge in [-0.2, -0.15) is 0 Å². The topological polar surface area (TPSA) is 59.5 Å². The van der Waals surface area contributed by atoms with Gasteiger partial charge in [0.2, 0.25) is 5.91 Å². The van der Waals surface area contributed by atoms with Crippen LogP contribution in [0.15, 0.2) is 41.1 Å². The number of aromatic nitrogens is 1. The Bertz CT molecular complexity index is 963. The average molecular weight is 384 g/mol. The summed E-state index contributed by atoms with van der Waals surface area (Å²) < 4.78 is 4.76. The molecule has 7 heteroatoms. The van der Waals surface area contributed by atoms with Crippen molar-refractivity contribution in [1.29, 1.82) is 0 Å². The lowest BCUT2D eigenvalue weighted by molar-refractivity contribution is -0.117. The van der Waals surface area contributed by atoms with Gasteiger partial charge in [0.25, 0.3) is 0 Å². The number of hydrogen-bond donors (Lipinski definition) is 0. The number of amides is 1. The van der Waals surface area contributed by atoms with Crippen LogP contribution in [-0.2, 0) is 22.4 Å². The fourth-order valence-corrected chi connectivity index (χ4v) is 4.69. The molecule has 4 rings (SSSR count). The molecule has 0 fully saturated rings. The van der Waals surface area contributed by atoms with Gasteiger partial charge in [-0.25, -0.2) is 9.78 Å². The molecule has 3 aromatic rings. The van der Waals surface area contributed by atoms with Gasteiger partial charge < -0.3 is 9.64 Å². The average Bonchev–Trinajstić information content (AvgIpc) is 3.39. The van der Waals surface area contributed by atoms with Gasteiger partial charge in [-0.1, -0.05) is 6.07 Å². The van der Waals surface area contributed by atoms with Gasteiger partial charge in [-0.3, -0.25) is 4.79 Å². The van der Waals surface area contributed by atoms with Crippen LogP contribution >= 0.6 is 22.7 Å². The van der Waals surface area contributed by atoms with E-state index in [1.54, 1.807) is 33.6 Å². The summed E-state index contributed by atoms with van der Waals surface area (Å²) in [7, 11) is 1.36. The van der Waals surface area contributed by atoms with Crippen LogP contribution in [0.4, 0.5) is 5.69 Å². The summed E-state index contributed by atoms with van der Waals surface area (Å²) in [6.45, 7) is 0.626. The zero-order valence-electron chi connectivity index (χ0n) is 14.1. The molecule has 0 unspecified atom stereocenters. The Balaban J connectivity index is 1.50. The van der Waals surface area contributed by atoms with Crippen molar-refractivity contribution in [3.05, 3.63) is 57.9 Å². The standard InChI is InChI=1S/C19H16N2O3S2/c1-24-19(23)13-4-5-15-12(9-13)6-7-21(15)17(22)10-14-11-26-18(20-14)16-3-2-8-25-16/h2-5,8-9,11H,6-7,10H2,1H3. The lowest BCUT2D eigenvalue weighted by atomic mass is 10.1. The van der Waals surface area contributed by atoms with Crippen LogP contribution in [0.1, 0.15) is 21.6 Å². The lowest BCUT2D eigenvalue weighted by Crippen LogP contribution is -2.30. The first kappa shape index (κ1) is 16.9. The van der Waals surface area contributed by atoms with Crippen LogP contribution in [0.5, 0.6) is 0 Å². The number of thiazole rings is 1. The molecule has 26 heavy (non-hydrogen) atoms. The minimum atomic E-state index is -0.360. The van der Waals surface area contributed by atoms with Crippen molar-refractivity contribution in [3.63, 3.8) is 0 Å². The Hall–Kier alpha value is -2.51. The second-order valence-electron chi connectivity index (χ2n) is 5.93. The number of hydrogen-bond acceptors (Lipinski definition) is 6. The van der Waals surface area contributed by atoms with E-state index in [1.165, 1.54) is 7.11 Å². The Morgan fingerprint density at radius 1 is 1.27 bits per heavy atom. The molecule has 1 aliphatic rings. The predicted molar refractivity (Wildman–Crippen MR) is 103 cm³/mol. The maximum Gasteiger partial charge on any atom is 0.337 e. The summed E-state index contributed by atoms with van der Waals surface area (Å²) in [5, 5.41) is 4.92. The normalized spacial score (nSPS) is 12.9. The van der Waals surface area contributed by atoms with Crippen molar-refractivity contribution in [2.45, 2.75) is 12.8 Å². The first-order valence-corrected chi connectivity index (χ1v) is 9.91. The third-order valence-corrected chi connectivity index (χ3v) is 6.24. The first-order valence-electron chi connectivity index (χ1n) is 8.15. The van der Waals surface area contributed by atoms with Gasteiger partial charge in [-0.15, -0.1) is 22.7 Å². The van der Waals surface area contributed by atoms with Gasteiger partial charge in [0.1, 0.15) is 5.01 Å². The fourth-order valence-electron chi connectivity index (χ4n) is 3.06. The molecule has 132 valence electrons. The Labute approximate surface area is 158 Å². The first-order chi connectivity index (χ1) is 12.7. The molecule has 1 amide bonds. The highest BCUT2D eigenvalue weighted by molar-refractivity contribution is 7.20. The molecular formula is C19H16N2O3S2. The van der Waals surface area contributed by atoms with E-state index in [1.807, 2.05) is 35.0 Å². The van der Waals surface area contributed by atoms with E-state index < -0.39 is 0 Å². The van der Waals surface area contributed by atoms with E-state index >= 15 is 0 Å². The highest BCUT2D eigenvalue weighted by Crippen LogP contribution is 2.31. The number of carbonyl (C=O) groups excluding carboxylic acids is 2. The van der Waals surface area contributed by atoms with Crippen molar-refractivity contribution < 1.29 is 14.3 Å². The van der Waals surface area contributed by atoms with E-state index in [2.05, 4.69) is 4.98 Å². The minimum Gasteiger partial charge on any atom is -0.465 e. The SMILES string of the molecule is COC(=O)c1ccc2c(c1)CCN2C(=O)Cc1csc(-c2cccs2)n1. The molecule has 1 aromatic carbocycles. The van der Waals surface area contributed by atoms with Crippen LogP contribution < -0.4 is 4.90 Å². The molecule has 5 nitrogen and oxygen atoms in total. The van der Waals surface area contributed by atoms with E-state index in [0.717, 1.165) is 33.3 Å². The van der Waals surface area contributed by atoms with E-state index in [-0.39, 0.29) is 18.3 Å². The molecule has 0 saturated carbocycles. The van der Waals surface area contributed by atoms with Gasteiger partial charge in [0.05, 0.1) is 29.7 Å². The summed E-state index contributed by atoms with van der Waals surface area (Å²) >= 11 is 3.21. The van der Waals surface area contributed by atoms with Crippen LogP contribution in [-0.4, -0.2) is 30.5 Å². The number of carbonyl (C=O) groups is 2. The predicted octanol–water partition coefficient (Wildman–Crippen LogP) is 3.79. The van der Waals surface area contributed by atoms with E-state index in [4.69, 9.17) is 4.74 Å². The molecule has 0 atom stereocenters. The number of esters is 1. The van der Waals surface area contributed by atoms with E-state index in [0.29, 0.717) is 12.1 Å². The van der Waals surface area contributed by atoms with Gasteiger partial charge >= 0.3 is 5.97 Å². The summed E-state index contributed by atoms with van der Waals surface area (Å²) in [6, 6.07) is 9.37. The molecular weight excluding hydrogens is 368 g/mol. The monoisotopic (exact) mass is 384 g/mol. The minimum absolute atomic E-state index is 0.0256. The molecule has 3 heterocycles. The Kier molecular flexibility index (Phi) is 4.57. The molecule has 2 aromatic heterocycles. The van der Waals surface area contributed by atoms with Crippen molar-refractivity contribution in [3.8, 4) is 9.88 Å². The zero-order chi connectivity index (χ0) is 18.1. The molecule has 0 spiro atoms. The molecule has 0 aliphatic carbocycles. The van der Waals surface area contributed by atoms with Crippen LogP contribution in [0.2, 0.25) is 0 Å². The molecule has 1 aliphatic heterocycles. The largest absolute Gasteiger partial charge is 0.465 e. The number of anilines is 1. The molecule has 0 N–H and O–H groups in total. The molecule has 0 saturated heterocycles. The molecule has 0 radical (unpaired) electrons. The highest BCUT2D eigenvalue weighted by atomic mass is 32.1. The number of thiophene rings is 1. The van der Waals surface area contributed by atoms with Crippen molar-refractivity contribution >= 4 is 40.2 Å². The quantitative estimate of drug-likeness (QED) is 0.642. The Morgan fingerprint density at radius 2 is 2.15 bits per heavy atom. The zero-order valence-corrected chi connectivity index (χ0v) is 15.7. The smallest absolute Gasteiger partial charge is 0.337 e. The maximum absolute atomic E-state index is 12.7. The van der Waals surface area contributed by atoms with Crippen LogP contribution in [0.25, 0.3) is 9.88 Å². The number of fused-ring (bicyclic) bond motifs is 1. The summed E-state index contributed by atoms with van der Waals surface area (Å²) in [5.41, 5.74) is 3.18. The Morgan fingerprint density at radius 3 is 2.92 bits per heavy atom. The van der Waals surface area contributed by atoms with Crippen molar-refractivity contribution in [2.24, 2.45) is 0 Å². The van der Waals surface area contributed by atoms with Crippen molar-refractivity contribution in [1.82, 2.24) is 4.98 Å². The van der Waals surface area contributed by atoms with Crippen LogP contribution in [0, 0.1) is 0 Å². The third-order valence-electron chi connectivity index (χ3n) is 4.31. The summed E-state index contributed by atoms with van der Waals surface area (Å²) in [6.07, 6.45) is 1.02. The number of nitrogens with zero attached hydrogens (tertiary/aromatic N) is 2. The number of ether oxygens (including phenoxy) is 1. The highest BCUT2D eigenvalue weighted by Gasteiger charge is 2.26. The third kappa shape index (κ3) is 3.15. The lowest BCUT2D eigenvalue weighted by Gasteiger charge is -2.17. The number of methoxy groups -OCH3 is 1. The summed E-state index contributed by atoms with van der Waals surface area (Å²) in [5.74, 6) is -0.334.